The third-order valence-corrected chi connectivity index (χ3v) is 1.67. The van der Waals surface area contributed by atoms with Crippen molar-refractivity contribution in [2.75, 3.05) is 13.1 Å². The van der Waals surface area contributed by atoms with Gasteiger partial charge in [0.05, 0.1) is 0 Å². The summed E-state index contributed by atoms with van der Waals surface area (Å²) in [4.78, 5) is 9.98. The summed E-state index contributed by atoms with van der Waals surface area (Å²) in [5.74, 6) is -1.11. The summed E-state index contributed by atoms with van der Waals surface area (Å²) in [5.41, 5.74) is 0. The Bertz CT molecular complexity index is 136. The second-order valence-corrected chi connectivity index (χ2v) is 2.57. The van der Waals surface area contributed by atoms with Gasteiger partial charge in [0, 0.05) is 0 Å². The second kappa shape index (κ2) is 2.96. The molecule has 1 aliphatic heterocycles. The molecule has 0 aromatic rings. The van der Waals surface area contributed by atoms with Crippen LogP contribution >= 0.6 is 0 Å². The molecule has 58 valence electrons. The molecule has 1 unspecified atom stereocenters. The molecule has 1 atom stereocenters. The van der Waals surface area contributed by atoms with Crippen molar-refractivity contribution in [1.29, 1.82) is 0 Å². The van der Waals surface area contributed by atoms with Gasteiger partial charge in [0.2, 0.25) is 0 Å². The van der Waals surface area contributed by atoms with Gasteiger partial charge in [-0.05, 0) is 25.4 Å². The number of carboxylic acids is 1. The van der Waals surface area contributed by atoms with E-state index in [1.165, 1.54) is 0 Å². The first-order valence-corrected chi connectivity index (χ1v) is 3.27. The monoisotopic (exact) mass is 147 g/mol. The Hall–Kier alpha value is -0.640. The molecule has 0 radical (unpaired) electrons. The molecule has 2 N–H and O–H groups in total. The van der Waals surface area contributed by atoms with Gasteiger partial charge in [-0.15, -0.1) is 0 Å². The van der Waals surface area contributed by atoms with E-state index in [2.05, 4.69) is 5.32 Å². The summed E-state index contributed by atoms with van der Waals surface area (Å²) >= 11 is 0. The van der Waals surface area contributed by atoms with Gasteiger partial charge in [-0.1, -0.05) is 0 Å². The molecule has 0 amide bonds. The smallest absolute Gasteiger partial charge is 0.338 e. The highest BCUT2D eigenvalue weighted by atomic mass is 19.1. The Kier molecular flexibility index (Phi) is 2.21. The molecule has 0 aromatic heterocycles. The third-order valence-electron chi connectivity index (χ3n) is 1.67. The Labute approximate surface area is 58.2 Å². The molecule has 10 heavy (non-hydrogen) atoms. The molecular formula is C6H10FNO2. The minimum absolute atomic E-state index is 0.155. The van der Waals surface area contributed by atoms with Crippen molar-refractivity contribution in [2.45, 2.75) is 12.6 Å². The molecule has 0 aromatic carbocycles. The molecule has 1 saturated heterocycles. The van der Waals surface area contributed by atoms with E-state index in [-0.39, 0.29) is 12.3 Å². The van der Waals surface area contributed by atoms with Gasteiger partial charge in [0.15, 0.2) is 6.17 Å². The average molecular weight is 147 g/mol. The number of hydrogen-bond donors (Lipinski definition) is 2. The van der Waals surface area contributed by atoms with Crippen LogP contribution in [-0.2, 0) is 4.79 Å². The van der Waals surface area contributed by atoms with E-state index >= 15 is 0 Å². The van der Waals surface area contributed by atoms with Crippen LogP contribution < -0.4 is 5.32 Å². The van der Waals surface area contributed by atoms with Gasteiger partial charge in [-0.3, -0.25) is 0 Å². The number of nitrogens with one attached hydrogen (secondary N) is 1. The zero-order valence-electron chi connectivity index (χ0n) is 5.51. The fourth-order valence-electron chi connectivity index (χ4n) is 0.909. The molecule has 4 heteroatoms. The SMILES string of the molecule is O=C(O)C(F)CC1CNC1. The van der Waals surface area contributed by atoms with E-state index in [0.29, 0.717) is 0 Å². The Morgan fingerprint density at radius 2 is 2.40 bits per heavy atom. The van der Waals surface area contributed by atoms with E-state index < -0.39 is 12.1 Å². The number of carbonyl (C=O) groups is 1. The highest BCUT2D eigenvalue weighted by Crippen LogP contribution is 2.13. The lowest BCUT2D eigenvalue weighted by atomic mass is 9.97. The van der Waals surface area contributed by atoms with Crippen molar-refractivity contribution in [3.8, 4) is 0 Å². The van der Waals surface area contributed by atoms with E-state index in [9.17, 15) is 9.18 Å². The number of alkyl halides is 1. The molecule has 0 bridgehead atoms. The lowest BCUT2D eigenvalue weighted by molar-refractivity contribution is -0.143. The molecule has 3 nitrogen and oxygen atoms in total. The summed E-state index contributed by atoms with van der Waals surface area (Å²) in [6.45, 7) is 1.52. The Morgan fingerprint density at radius 1 is 1.80 bits per heavy atom. The van der Waals surface area contributed by atoms with Crippen molar-refractivity contribution in [2.24, 2.45) is 5.92 Å². The summed E-state index contributed by atoms with van der Waals surface area (Å²) in [6.07, 6.45) is -1.52. The van der Waals surface area contributed by atoms with Crippen LogP contribution in [0.1, 0.15) is 6.42 Å². The third kappa shape index (κ3) is 1.67. The van der Waals surface area contributed by atoms with Crippen molar-refractivity contribution in [3.05, 3.63) is 0 Å². The average Bonchev–Trinajstić information content (AvgIpc) is 1.77. The molecule has 1 heterocycles. The van der Waals surface area contributed by atoms with Gasteiger partial charge in [0.1, 0.15) is 0 Å². The first kappa shape index (κ1) is 7.47. The molecule has 1 fully saturated rings. The van der Waals surface area contributed by atoms with Crippen molar-refractivity contribution >= 4 is 5.97 Å². The maximum absolute atomic E-state index is 12.4. The number of halogens is 1. The summed E-state index contributed by atoms with van der Waals surface area (Å²) < 4.78 is 12.4. The molecule has 0 spiro atoms. The maximum atomic E-state index is 12.4. The topological polar surface area (TPSA) is 49.3 Å². The first-order chi connectivity index (χ1) is 4.70. The highest BCUT2D eigenvalue weighted by molar-refractivity contribution is 5.72. The largest absolute Gasteiger partial charge is 0.479 e. The van der Waals surface area contributed by atoms with E-state index in [4.69, 9.17) is 5.11 Å². The van der Waals surface area contributed by atoms with Crippen LogP contribution in [0.15, 0.2) is 0 Å². The zero-order valence-corrected chi connectivity index (χ0v) is 5.51. The van der Waals surface area contributed by atoms with Crippen molar-refractivity contribution < 1.29 is 14.3 Å². The Morgan fingerprint density at radius 3 is 2.70 bits per heavy atom. The second-order valence-electron chi connectivity index (χ2n) is 2.57. The highest BCUT2D eigenvalue weighted by Gasteiger charge is 2.25. The predicted molar refractivity (Wildman–Crippen MR) is 33.5 cm³/mol. The molecule has 0 aliphatic carbocycles. The molecular weight excluding hydrogens is 137 g/mol. The fourth-order valence-corrected chi connectivity index (χ4v) is 0.909. The normalized spacial score (nSPS) is 21.7. The van der Waals surface area contributed by atoms with Crippen LogP contribution in [-0.4, -0.2) is 30.3 Å². The van der Waals surface area contributed by atoms with E-state index in [0.717, 1.165) is 13.1 Å². The van der Waals surface area contributed by atoms with Crippen LogP contribution in [0.25, 0.3) is 0 Å². The molecule has 0 saturated carbocycles. The van der Waals surface area contributed by atoms with Crippen LogP contribution in [0.2, 0.25) is 0 Å². The molecule has 1 rings (SSSR count). The lowest BCUT2D eigenvalue weighted by Gasteiger charge is -2.27. The zero-order chi connectivity index (χ0) is 7.56. The standard InChI is InChI=1S/C6H10FNO2/c7-5(6(9)10)1-4-2-8-3-4/h4-5,8H,1-3H2,(H,9,10). The first-order valence-electron chi connectivity index (χ1n) is 3.27. The number of aliphatic carboxylic acids is 1. The van der Waals surface area contributed by atoms with Crippen molar-refractivity contribution in [3.63, 3.8) is 0 Å². The fraction of sp³-hybridized carbons (Fsp3) is 0.833. The van der Waals surface area contributed by atoms with Crippen LogP contribution in [0.3, 0.4) is 0 Å². The minimum atomic E-state index is -1.67. The van der Waals surface area contributed by atoms with Gasteiger partial charge >= 0.3 is 5.97 Å². The van der Waals surface area contributed by atoms with Crippen LogP contribution in [0.4, 0.5) is 4.39 Å². The number of carboxylic acid groups (broad SMARTS) is 1. The summed E-state index contributed by atoms with van der Waals surface area (Å²) in [7, 11) is 0. The quantitative estimate of drug-likeness (QED) is 0.591. The van der Waals surface area contributed by atoms with Gasteiger partial charge < -0.3 is 10.4 Å². The lowest BCUT2D eigenvalue weighted by Crippen LogP contribution is -2.43. The van der Waals surface area contributed by atoms with Crippen LogP contribution in [0.5, 0.6) is 0 Å². The predicted octanol–water partition coefficient (Wildman–Crippen LogP) is 0.0186. The maximum Gasteiger partial charge on any atom is 0.338 e. The minimum Gasteiger partial charge on any atom is -0.479 e. The number of hydrogen-bond acceptors (Lipinski definition) is 2. The van der Waals surface area contributed by atoms with Crippen molar-refractivity contribution in [1.82, 2.24) is 5.32 Å². The summed E-state index contributed by atoms with van der Waals surface area (Å²) in [6, 6.07) is 0. The van der Waals surface area contributed by atoms with Gasteiger partial charge in [-0.25, -0.2) is 9.18 Å². The van der Waals surface area contributed by atoms with Crippen LogP contribution in [0, 0.1) is 5.92 Å². The number of rotatable bonds is 3. The Balaban J connectivity index is 2.16. The van der Waals surface area contributed by atoms with Gasteiger partial charge in [-0.2, -0.15) is 0 Å². The summed E-state index contributed by atoms with van der Waals surface area (Å²) in [5, 5.41) is 11.1. The van der Waals surface area contributed by atoms with Gasteiger partial charge in [0.25, 0.3) is 0 Å². The van der Waals surface area contributed by atoms with E-state index in [1.807, 2.05) is 0 Å². The van der Waals surface area contributed by atoms with E-state index in [1.54, 1.807) is 0 Å². The molecule has 1 aliphatic rings.